The Hall–Kier alpha value is -1.80. The largest absolute Gasteiger partial charge is 0.495 e. The maximum absolute atomic E-state index is 10.8. The number of hydrogen-bond donors (Lipinski definition) is 0. The van der Waals surface area contributed by atoms with Gasteiger partial charge in [0.15, 0.2) is 0 Å². The number of halogens is 1. The van der Waals surface area contributed by atoms with Crippen LogP contribution in [0.15, 0.2) is 42.5 Å². The first-order valence-corrected chi connectivity index (χ1v) is 5.52. The van der Waals surface area contributed by atoms with Crippen LogP contribution in [0.25, 0.3) is 11.1 Å². The molecule has 0 N–H and O–H groups in total. The first-order chi connectivity index (χ1) is 8.26. The summed E-state index contributed by atoms with van der Waals surface area (Å²) in [6.45, 7) is 0. The Balaban J connectivity index is 2.66. The summed E-state index contributed by atoms with van der Waals surface area (Å²) in [5.41, 5.74) is 2.33. The summed E-state index contributed by atoms with van der Waals surface area (Å²) in [6.07, 6.45) is 0.776. The molecule has 2 aromatic rings. The third-order valence-electron chi connectivity index (χ3n) is 2.49. The number of carbonyl (C=O) groups excluding carboxylic acids is 1. The van der Waals surface area contributed by atoms with Gasteiger partial charge in [-0.25, -0.2) is 0 Å². The topological polar surface area (TPSA) is 26.3 Å². The minimum absolute atomic E-state index is 0.441. The van der Waals surface area contributed by atoms with Crippen molar-refractivity contribution in [1.29, 1.82) is 0 Å². The molecule has 0 fully saturated rings. The summed E-state index contributed by atoms with van der Waals surface area (Å²) in [4.78, 5) is 10.8. The number of aldehydes is 1. The monoisotopic (exact) mass is 246 g/mol. The van der Waals surface area contributed by atoms with Crippen LogP contribution in [-0.4, -0.2) is 13.4 Å². The third-order valence-corrected chi connectivity index (χ3v) is 2.77. The molecule has 0 aliphatic rings. The van der Waals surface area contributed by atoms with Crippen molar-refractivity contribution in [3.8, 4) is 16.9 Å². The van der Waals surface area contributed by atoms with Crippen molar-refractivity contribution in [3.63, 3.8) is 0 Å². The first kappa shape index (κ1) is 11.7. The van der Waals surface area contributed by atoms with Crippen LogP contribution < -0.4 is 4.74 Å². The van der Waals surface area contributed by atoms with Gasteiger partial charge in [0.25, 0.3) is 0 Å². The van der Waals surface area contributed by atoms with Gasteiger partial charge in [0.2, 0.25) is 0 Å². The van der Waals surface area contributed by atoms with E-state index in [1.807, 2.05) is 30.3 Å². The molecule has 0 radical (unpaired) electrons. The second-order valence-electron chi connectivity index (χ2n) is 3.57. The highest BCUT2D eigenvalue weighted by Gasteiger charge is 2.11. The van der Waals surface area contributed by atoms with Crippen LogP contribution >= 0.6 is 11.6 Å². The lowest BCUT2D eigenvalue weighted by Gasteiger charge is -2.11. The van der Waals surface area contributed by atoms with Gasteiger partial charge in [-0.15, -0.1) is 0 Å². The van der Waals surface area contributed by atoms with Crippen LogP contribution in [0.1, 0.15) is 10.4 Å². The molecule has 0 amide bonds. The molecular weight excluding hydrogens is 236 g/mol. The van der Waals surface area contributed by atoms with Gasteiger partial charge in [-0.1, -0.05) is 41.9 Å². The summed E-state index contributed by atoms with van der Waals surface area (Å²) < 4.78 is 5.28. The molecule has 0 spiro atoms. The maximum Gasteiger partial charge on any atom is 0.150 e. The van der Waals surface area contributed by atoms with E-state index < -0.39 is 0 Å². The lowest BCUT2D eigenvalue weighted by Crippen LogP contribution is -1.92. The van der Waals surface area contributed by atoms with E-state index in [-0.39, 0.29) is 0 Å². The fourth-order valence-electron chi connectivity index (χ4n) is 1.72. The molecule has 0 saturated heterocycles. The van der Waals surface area contributed by atoms with E-state index >= 15 is 0 Å². The zero-order chi connectivity index (χ0) is 12.3. The minimum atomic E-state index is 0.441. The van der Waals surface area contributed by atoms with Crippen LogP contribution in [0.4, 0.5) is 0 Å². The van der Waals surface area contributed by atoms with E-state index in [0.29, 0.717) is 16.3 Å². The van der Waals surface area contributed by atoms with E-state index in [0.717, 1.165) is 17.4 Å². The Morgan fingerprint density at radius 1 is 1.18 bits per heavy atom. The highest BCUT2D eigenvalue weighted by atomic mass is 35.5. The number of benzene rings is 2. The number of rotatable bonds is 3. The van der Waals surface area contributed by atoms with Crippen LogP contribution in [-0.2, 0) is 0 Å². The van der Waals surface area contributed by atoms with Crippen molar-refractivity contribution < 1.29 is 9.53 Å². The van der Waals surface area contributed by atoms with E-state index in [1.54, 1.807) is 19.2 Å². The molecule has 0 atom stereocenters. The molecule has 0 bridgehead atoms. The van der Waals surface area contributed by atoms with Gasteiger partial charge >= 0.3 is 0 Å². The molecule has 0 heterocycles. The van der Waals surface area contributed by atoms with E-state index in [4.69, 9.17) is 16.3 Å². The zero-order valence-corrected chi connectivity index (χ0v) is 10.1. The van der Waals surface area contributed by atoms with E-state index in [1.165, 1.54) is 0 Å². The van der Waals surface area contributed by atoms with Crippen molar-refractivity contribution in [2.75, 3.05) is 7.11 Å². The van der Waals surface area contributed by atoms with Crippen molar-refractivity contribution in [1.82, 2.24) is 0 Å². The van der Waals surface area contributed by atoms with Crippen LogP contribution in [0.2, 0.25) is 5.02 Å². The molecule has 0 aromatic heterocycles. The number of carbonyl (C=O) groups is 1. The predicted octanol–water partition coefficient (Wildman–Crippen LogP) is 3.83. The molecule has 0 saturated carbocycles. The smallest absolute Gasteiger partial charge is 0.150 e. The molecule has 2 aromatic carbocycles. The molecule has 86 valence electrons. The first-order valence-electron chi connectivity index (χ1n) is 5.14. The SMILES string of the molecule is COc1c(Cl)cc(C=O)cc1-c1ccccc1. The van der Waals surface area contributed by atoms with Gasteiger partial charge in [-0.2, -0.15) is 0 Å². The van der Waals surface area contributed by atoms with Crippen molar-refractivity contribution in [2.24, 2.45) is 0 Å². The number of hydrogen-bond acceptors (Lipinski definition) is 2. The normalized spacial score (nSPS) is 10.0. The van der Waals surface area contributed by atoms with E-state index in [2.05, 4.69) is 0 Å². The Kier molecular flexibility index (Phi) is 3.45. The Morgan fingerprint density at radius 3 is 2.47 bits per heavy atom. The predicted molar refractivity (Wildman–Crippen MR) is 68.8 cm³/mol. The average Bonchev–Trinajstić information content (AvgIpc) is 2.38. The summed E-state index contributed by atoms with van der Waals surface area (Å²) in [7, 11) is 1.56. The lowest BCUT2D eigenvalue weighted by atomic mass is 10.0. The average molecular weight is 247 g/mol. The highest BCUT2D eigenvalue weighted by Crippen LogP contribution is 2.36. The molecule has 0 unspecified atom stereocenters. The van der Waals surface area contributed by atoms with Crippen LogP contribution in [0.3, 0.4) is 0 Å². The molecule has 17 heavy (non-hydrogen) atoms. The third kappa shape index (κ3) is 2.32. The Labute approximate surface area is 105 Å². The van der Waals surface area contributed by atoms with Gasteiger partial charge in [0, 0.05) is 11.1 Å². The molecule has 3 heteroatoms. The quantitative estimate of drug-likeness (QED) is 0.770. The fourth-order valence-corrected chi connectivity index (χ4v) is 2.03. The van der Waals surface area contributed by atoms with Crippen LogP contribution in [0, 0.1) is 0 Å². The van der Waals surface area contributed by atoms with E-state index in [9.17, 15) is 4.79 Å². The zero-order valence-electron chi connectivity index (χ0n) is 9.31. The summed E-state index contributed by atoms with van der Waals surface area (Å²) in [5, 5.41) is 0.441. The molecule has 2 nitrogen and oxygen atoms in total. The van der Waals surface area contributed by atoms with Gasteiger partial charge in [-0.3, -0.25) is 4.79 Å². The van der Waals surface area contributed by atoms with Gasteiger partial charge in [0.1, 0.15) is 12.0 Å². The highest BCUT2D eigenvalue weighted by molar-refractivity contribution is 6.32. The fraction of sp³-hybridized carbons (Fsp3) is 0.0714. The lowest BCUT2D eigenvalue weighted by molar-refractivity contribution is 0.112. The number of ether oxygens (including phenoxy) is 1. The summed E-state index contributed by atoms with van der Waals surface area (Å²) >= 11 is 6.08. The summed E-state index contributed by atoms with van der Waals surface area (Å²) in [6, 6.07) is 13.0. The molecule has 0 aliphatic carbocycles. The number of methoxy groups -OCH3 is 1. The van der Waals surface area contributed by atoms with Crippen LogP contribution in [0.5, 0.6) is 5.75 Å². The molecule has 2 rings (SSSR count). The van der Waals surface area contributed by atoms with Gasteiger partial charge < -0.3 is 4.74 Å². The van der Waals surface area contributed by atoms with Crippen molar-refractivity contribution in [3.05, 3.63) is 53.1 Å². The molecular formula is C14H11ClO2. The van der Waals surface area contributed by atoms with Gasteiger partial charge in [0.05, 0.1) is 12.1 Å². The maximum atomic E-state index is 10.8. The second-order valence-corrected chi connectivity index (χ2v) is 3.97. The Morgan fingerprint density at radius 2 is 1.88 bits per heavy atom. The standard InChI is InChI=1S/C14H11ClO2/c1-17-14-12(11-5-3-2-4-6-11)7-10(9-16)8-13(14)15/h2-9H,1H3. The second kappa shape index (κ2) is 5.02. The van der Waals surface area contributed by atoms with Crippen molar-refractivity contribution in [2.45, 2.75) is 0 Å². The Bertz CT molecular complexity index is 535. The van der Waals surface area contributed by atoms with Crippen molar-refractivity contribution >= 4 is 17.9 Å². The summed E-state index contributed by atoms with van der Waals surface area (Å²) in [5.74, 6) is 0.587. The molecule has 0 aliphatic heterocycles. The minimum Gasteiger partial charge on any atom is -0.495 e. The van der Waals surface area contributed by atoms with Gasteiger partial charge in [-0.05, 0) is 17.7 Å².